The Bertz CT molecular complexity index is 969. The minimum atomic E-state index is -0.333. The van der Waals surface area contributed by atoms with E-state index in [1.807, 2.05) is 6.07 Å². The number of nitrogens with zero attached hydrogens (tertiary/aromatic N) is 2. The Hall–Kier alpha value is -2.47. The average Bonchev–Trinajstić information content (AvgIpc) is 3.03. The molecule has 5 rings (SSSR count). The number of halogens is 1. The fraction of sp³-hybridized carbons (Fsp3) is 0.409. The van der Waals surface area contributed by atoms with Crippen LogP contribution >= 0.6 is 0 Å². The summed E-state index contributed by atoms with van der Waals surface area (Å²) in [5.74, 6) is 0.964. The highest BCUT2D eigenvalue weighted by Gasteiger charge is 2.45. The number of piperidine rings is 1. The van der Waals surface area contributed by atoms with Crippen LogP contribution in [0.2, 0.25) is 0 Å². The molecule has 2 atom stereocenters. The maximum absolute atomic E-state index is 13.1. The molecule has 30 heavy (non-hydrogen) atoms. The molecule has 0 aromatic heterocycles. The molecule has 0 bridgehead atoms. The summed E-state index contributed by atoms with van der Waals surface area (Å²) in [4.78, 5) is 17.0. The predicted molar refractivity (Wildman–Crippen MR) is 121 cm³/mol. The number of hydrogen-bond acceptors (Lipinski definition) is 4. The molecule has 1 amide bonds. The summed E-state index contributed by atoms with van der Waals surface area (Å²) in [6.07, 6.45) is 1.95. The highest BCUT2D eigenvalue weighted by molar-refractivity contribution is 6.39. The molecular formula is C22H26B2FN3O2. The summed E-state index contributed by atoms with van der Waals surface area (Å²) in [5.41, 5.74) is 3.55. The van der Waals surface area contributed by atoms with Gasteiger partial charge in [0.05, 0.1) is 17.9 Å². The number of rotatable bonds is 5. The predicted octanol–water partition coefficient (Wildman–Crippen LogP) is 1.14. The van der Waals surface area contributed by atoms with E-state index in [9.17, 15) is 9.18 Å². The zero-order valence-corrected chi connectivity index (χ0v) is 17.5. The zero-order valence-electron chi connectivity index (χ0n) is 17.5. The third kappa shape index (κ3) is 3.58. The van der Waals surface area contributed by atoms with Gasteiger partial charge in [-0.15, -0.1) is 0 Å². The van der Waals surface area contributed by atoms with Gasteiger partial charge in [-0.1, -0.05) is 12.1 Å². The molecule has 1 saturated heterocycles. The van der Waals surface area contributed by atoms with E-state index in [0.717, 1.165) is 38.2 Å². The molecule has 2 aromatic carbocycles. The summed E-state index contributed by atoms with van der Waals surface area (Å²) in [6.45, 7) is 3.43. The first-order chi connectivity index (χ1) is 14.4. The van der Waals surface area contributed by atoms with Gasteiger partial charge in [0.1, 0.15) is 27.3 Å². The van der Waals surface area contributed by atoms with E-state index in [1.54, 1.807) is 12.1 Å². The van der Waals surface area contributed by atoms with Crippen molar-refractivity contribution in [2.24, 2.45) is 0 Å². The van der Waals surface area contributed by atoms with Crippen molar-refractivity contribution in [3.05, 3.63) is 53.8 Å². The number of amides is 1. The van der Waals surface area contributed by atoms with Crippen LogP contribution < -0.4 is 15.0 Å². The van der Waals surface area contributed by atoms with Crippen LogP contribution in [0, 0.1) is 5.82 Å². The van der Waals surface area contributed by atoms with Gasteiger partial charge >= 0.3 is 0 Å². The molecule has 2 aromatic rings. The van der Waals surface area contributed by atoms with Crippen LogP contribution in [0.5, 0.6) is 5.75 Å². The second kappa shape index (κ2) is 7.34. The number of carbonyl (C=O) groups excluding carboxylic acids is 1. The summed E-state index contributed by atoms with van der Waals surface area (Å²) in [5, 5.41) is 2.70. The Balaban J connectivity index is 1.25. The molecule has 0 spiro atoms. The van der Waals surface area contributed by atoms with E-state index >= 15 is 0 Å². The van der Waals surface area contributed by atoms with Gasteiger partial charge in [0.25, 0.3) is 0 Å². The van der Waals surface area contributed by atoms with Crippen LogP contribution in [0.15, 0.2) is 42.5 Å². The Morgan fingerprint density at radius 2 is 2.00 bits per heavy atom. The molecule has 8 heteroatoms. The highest BCUT2D eigenvalue weighted by Crippen LogP contribution is 2.49. The van der Waals surface area contributed by atoms with E-state index < -0.39 is 0 Å². The van der Waals surface area contributed by atoms with Crippen LogP contribution in [0.4, 0.5) is 15.8 Å². The maximum Gasteiger partial charge on any atom is 0.243 e. The van der Waals surface area contributed by atoms with Crippen LogP contribution in [-0.2, 0) is 4.79 Å². The second-order valence-corrected chi connectivity index (χ2v) is 9.25. The molecule has 3 heterocycles. The number of nitrogens with one attached hydrogen (secondary N) is 1. The zero-order chi connectivity index (χ0) is 20.9. The van der Waals surface area contributed by atoms with Crippen molar-refractivity contribution in [2.45, 2.75) is 30.2 Å². The first-order valence-electron chi connectivity index (χ1n) is 10.8. The number of ether oxygens (including phenoxy) is 1. The molecule has 1 fully saturated rings. The third-order valence-corrected chi connectivity index (χ3v) is 6.64. The van der Waals surface area contributed by atoms with Crippen LogP contribution in [0.25, 0.3) is 0 Å². The lowest BCUT2D eigenvalue weighted by Crippen LogP contribution is -2.50. The van der Waals surface area contributed by atoms with Gasteiger partial charge in [-0.2, -0.15) is 0 Å². The lowest BCUT2D eigenvalue weighted by atomic mass is 9.63. The lowest BCUT2D eigenvalue weighted by Gasteiger charge is -2.40. The van der Waals surface area contributed by atoms with E-state index in [0.29, 0.717) is 24.3 Å². The van der Waals surface area contributed by atoms with Gasteiger partial charge in [0, 0.05) is 37.0 Å². The van der Waals surface area contributed by atoms with Crippen LogP contribution in [-0.4, -0.2) is 64.1 Å². The fourth-order valence-electron chi connectivity index (χ4n) is 5.18. The van der Waals surface area contributed by atoms with Crippen molar-refractivity contribution >= 4 is 33.0 Å². The molecule has 0 unspecified atom stereocenters. The summed E-state index contributed by atoms with van der Waals surface area (Å²) in [7, 11) is 4.17. The van der Waals surface area contributed by atoms with Crippen LogP contribution in [0.1, 0.15) is 24.3 Å². The fourth-order valence-corrected chi connectivity index (χ4v) is 5.18. The number of benzene rings is 2. The van der Waals surface area contributed by atoms with Crippen molar-refractivity contribution in [1.29, 1.82) is 0 Å². The number of carbonyl (C=O) groups is 1. The minimum absolute atomic E-state index is 0.0856. The number of hydrogen-bond donors (Lipinski definition) is 1. The van der Waals surface area contributed by atoms with Crippen molar-refractivity contribution < 1.29 is 13.9 Å². The summed E-state index contributed by atoms with van der Waals surface area (Å²) in [6, 6.07) is 12.9. The Morgan fingerprint density at radius 3 is 2.80 bits per heavy atom. The Labute approximate surface area is 178 Å². The molecule has 5 nitrogen and oxygen atoms in total. The molecule has 1 N–H and O–H groups in total. The SMILES string of the molecule is BC(B)(CCN1CC[C@H]2[C@@H](C1)c1cccc3c1N2CC(=O)N3)Oc1ccc(F)cc1. The van der Waals surface area contributed by atoms with E-state index in [4.69, 9.17) is 4.74 Å². The van der Waals surface area contributed by atoms with E-state index in [2.05, 4.69) is 42.9 Å². The van der Waals surface area contributed by atoms with Crippen LogP contribution in [0.3, 0.4) is 0 Å². The van der Waals surface area contributed by atoms with Crippen molar-refractivity contribution in [3.8, 4) is 5.75 Å². The number of anilines is 2. The molecule has 0 radical (unpaired) electrons. The maximum atomic E-state index is 13.1. The van der Waals surface area contributed by atoms with Gasteiger partial charge < -0.3 is 19.9 Å². The molecule has 3 aliphatic rings. The normalized spacial score (nSPS) is 23.0. The molecule has 3 aliphatic heterocycles. The van der Waals surface area contributed by atoms with Crippen molar-refractivity contribution in [3.63, 3.8) is 0 Å². The molecule has 0 saturated carbocycles. The average molecular weight is 405 g/mol. The number of likely N-dealkylation sites (tertiary alicyclic amines) is 1. The summed E-state index contributed by atoms with van der Waals surface area (Å²) >= 11 is 0. The quantitative estimate of drug-likeness (QED) is 0.759. The molecule has 0 aliphatic carbocycles. The molecular weight excluding hydrogens is 379 g/mol. The standard InChI is InChI=1S/C22H26B2FN3O2/c23-22(24,30-15-6-4-14(25)5-7-15)9-11-27-10-8-19-17(12-27)16-2-1-3-18-21(16)28(19)13-20(29)26-18/h1-7,17,19H,8-13,23-24H2,(H,26,29)/t17-,19-/m0/s1. The van der Waals surface area contributed by atoms with Gasteiger partial charge in [-0.05, 0) is 48.7 Å². The number of fused-ring (bicyclic) bond motifs is 3. The minimum Gasteiger partial charge on any atom is -0.505 e. The number of para-hydroxylation sites is 1. The highest BCUT2D eigenvalue weighted by atomic mass is 19.1. The largest absolute Gasteiger partial charge is 0.505 e. The van der Waals surface area contributed by atoms with E-state index in [1.165, 1.54) is 23.4 Å². The lowest BCUT2D eigenvalue weighted by molar-refractivity contribution is -0.115. The topological polar surface area (TPSA) is 44.8 Å². The van der Waals surface area contributed by atoms with Crippen molar-refractivity contribution in [1.82, 2.24) is 4.90 Å². The van der Waals surface area contributed by atoms with Gasteiger partial charge in [0.15, 0.2) is 0 Å². The van der Waals surface area contributed by atoms with Gasteiger partial charge in [-0.25, -0.2) is 4.39 Å². The van der Waals surface area contributed by atoms with E-state index in [-0.39, 0.29) is 17.1 Å². The third-order valence-electron chi connectivity index (χ3n) is 6.64. The van der Waals surface area contributed by atoms with Gasteiger partial charge in [0.2, 0.25) is 5.91 Å². The first-order valence-corrected chi connectivity index (χ1v) is 10.8. The summed E-state index contributed by atoms with van der Waals surface area (Å²) < 4.78 is 19.3. The smallest absolute Gasteiger partial charge is 0.243 e. The van der Waals surface area contributed by atoms with Gasteiger partial charge in [-0.3, -0.25) is 4.79 Å². The Morgan fingerprint density at radius 1 is 1.20 bits per heavy atom. The Kier molecular flexibility index (Phi) is 4.77. The van der Waals surface area contributed by atoms with Crippen molar-refractivity contribution in [2.75, 3.05) is 36.4 Å². The molecule has 154 valence electrons. The monoisotopic (exact) mass is 405 g/mol. The first kappa shape index (κ1) is 19.5. The second-order valence-electron chi connectivity index (χ2n) is 9.25.